The molecule has 0 aliphatic rings. The quantitative estimate of drug-likeness (QED) is 0.845. The molecule has 0 atom stereocenters. The number of hydrogen-bond acceptors (Lipinski definition) is 5. The Balaban J connectivity index is 2.35. The normalized spacial score (nSPS) is 10.7. The molecule has 0 fully saturated rings. The molecular formula is C11H14N4O. The van der Waals surface area contributed by atoms with Crippen molar-refractivity contribution in [1.29, 1.82) is 0 Å². The molecule has 0 unspecified atom stereocenters. The molecule has 0 spiro atoms. The van der Waals surface area contributed by atoms with Crippen LogP contribution in [0.2, 0.25) is 0 Å². The maximum Gasteiger partial charge on any atom is 0.249 e. The summed E-state index contributed by atoms with van der Waals surface area (Å²) in [6.07, 6.45) is 0. The first kappa shape index (κ1) is 10.8. The van der Waals surface area contributed by atoms with Gasteiger partial charge in [-0.25, -0.2) is 0 Å². The maximum absolute atomic E-state index is 5.51. The van der Waals surface area contributed by atoms with E-state index in [1.54, 1.807) is 0 Å². The van der Waals surface area contributed by atoms with Crippen molar-refractivity contribution in [2.75, 3.05) is 7.05 Å². The largest absolute Gasteiger partial charge is 0.419 e. The highest BCUT2D eigenvalue weighted by Crippen LogP contribution is 2.20. The minimum atomic E-state index is 0.523. The van der Waals surface area contributed by atoms with Gasteiger partial charge in [0.2, 0.25) is 11.8 Å². The summed E-state index contributed by atoms with van der Waals surface area (Å²) in [6.45, 7) is 4.46. The molecule has 1 N–H and O–H groups in total. The molecule has 0 saturated carbocycles. The van der Waals surface area contributed by atoms with Gasteiger partial charge in [0.15, 0.2) is 0 Å². The smallest absolute Gasteiger partial charge is 0.249 e. The fourth-order valence-electron chi connectivity index (χ4n) is 1.50. The molecule has 5 heteroatoms. The predicted molar refractivity (Wildman–Crippen MR) is 59.8 cm³/mol. The molecule has 0 aromatic carbocycles. The van der Waals surface area contributed by atoms with E-state index in [1.807, 2.05) is 33.0 Å². The van der Waals surface area contributed by atoms with E-state index in [0.717, 1.165) is 17.0 Å². The van der Waals surface area contributed by atoms with Crippen molar-refractivity contribution in [2.24, 2.45) is 0 Å². The molecular weight excluding hydrogens is 204 g/mol. The van der Waals surface area contributed by atoms with Crippen LogP contribution in [0.4, 0.5) is 0 Å². The van der Waals surface area contributed by atoms with Gasteiger partial charge in [0.1, 0.15) is 0 Å². The minimum Gasteiger partial charge on any atom is -0.419 e. The number of pyridine rings is 1. The topological polar surface area (TPSA) is 63.8 Å². The second kappa shape index (κ2) is 4.40. The SMILES string of the molecule is CNCc1nnc(-c2ccc(C)nc2C)o1. The van der Waals surface area contributed by atoms with Crippen molar-refractivity contribution in [1.82, 2.24) is 20.5 Å². The van der Waals surface area contributed by atoms with Crippen molar-refractivity contribution in [3.05, 3.63) is 29.4 Å². The summed E-state index contributed by atoms with van der Waals surface area (Å²) in [5.74, 6) is 1.10. The number of aromatic nitrogens is 3. The van der Waals surface area contributed by atoms with Crippen LogP contribution in [0.3, 0.4) is 0 Å². The van der Waals surface area contributed by atoms with E-state index in [2.05, 4.69) is 20.5 Å². The van der Waals surface area contributed by atoms with E-state index in [0.29, 0.717) is 18.3 Å². The second-order valence-corrected chi connectivity index (χ2v) is 3.62. The Morgan fingerprint density at radius 3 is 2.75 bits per heavy atom. The molecule has 16 heavy (non-hydrogen) atoms. The lowest BCUT2D eigenvalue weighted by atomic mass is 10.2. The molecule has 2 aromatic heterocycles. The average molecular weight is 218 g/mol. The number of hydrogen-bond donors (Lipinski definition) is 1. The summed E-state index contributed by atoms with van der Waals surface area (Å²) in [6, 6.07) is 3.89. The lowest BCUT2D eigenvalue weighted by Gasteiger charge is -2.00. The first-order chi connectivity index (χ1) is 7.70. The second-order valence-electron chi connectivity index (χ2n) is 3.62. The molecule has 0 amide bonds. The van der Waals surface area contributed by atoms with Gasteiger partial charge in [-0.05, 0) is 33.0 Å². The molecule has 0 radical (unpaired) electrons. The number of nitrogens with zero attached hydrogens (tertiary/aromatic N) is 3. The van der Waals surface area contributed by atoms with Crippen LogP contribution < -0.4 is 5.32 Å². The zero-order chi connectivity index (χ0) is 11.5. The molecule has 0 aliphatic carbocycles. The Morgan fingerprint density at radius 1 is 1.25 bits per heavy atom. The van der Waals surface area contributed by atoms with Crippen molar-refractivity contribution in [2.45, 2.75) is 20.4 Å². The van der Waals surface area contributed by atoms with E-state index >= 15 is 0 Å². The summed E-state index contributed by atoms with van der Waals surface area (Å²) >= 11 is 0. The van der Waals surface area contributed by atoms with E-state index in [9.17, 15) is 0 Å². The summed E-state index contributed by atoms with van der Waals surface area (Å²) in [4.78, 5) is 4.36. The van der Waals surface area contributed by atoms with Gasteiger partial charge in [-0.3, -0.25) is 4.98 Å². The molecule has 2 rings (SSSR count). The van der Waals surface area contributed by atoms with Crippen LogP contribution in [-0.2, 0) is 6.54 Å². The van der Waals surface area contributed by atoms with Crippen LogP contribution in [0.1, 0.15) is 17.3 Å². The maximum atomic E-state index is 5.51. The monoisotopic (exact) mass is 218 g/mol. The number of rotatable bonds is 3. The Labute approximate surface area is 93.9 Å². The first-order valence-corrected chi connectivity index (χ1v) is 5.12. The van der Waals surface area contributed by atoms with Gasteiger partial charge < -0.3 is 9.73 Å². The van der Waals surface area contributed by atoms with Gasteiger partial charge >= 0.3 is 0 Å². The molecule has 0 aliphatic heterocycles. The highest BCUT2D eigenvalue weighted by Gasteiger charge is 2.10. The Bertz CT molecular complexity index is 492. The van der Waals surface area contributed by atoms with Gasteiger partial charge in [-0.2, -0.15) is 0 Å². The van der Waals surface area contributed by atoms with Crippen molar-refractivity contribution in [3.8, 4) is 11.5 Å². The number of aryl methyl sites for hydroxylation is 2. The predicted octanol–water partition coefficient (Wildman–Crippen LogP) is 1.47. The van der Waals surface area contributed by atoms with Crippen LogP contribution in [0.25, 0.3) is 11.5 Å². The number of nitrogens with one attached hydrogen (secondary N) is 1. The standard InChI is InChI=1S/C11H14N4O/c1-7-4-5-9(8(2)13-7)11-15-14-10(16-11)6-12-3/h4-5,12H,6H2,1-3H3. The molecule has 0 saturated heterocycles. The van der Waals surface area contributed by atoms with Gasteiger partial charge in [0.25, 0.3) is 0 Å². The molecule has 2 aromatic rings. The van der Waals surface area contributed by atoms with Crippen LogP contribution >= 0.6 is 0 Å². The Kier molecular flexibility index (Phi) is 2.96. The molecule has 0 bridgehead atoms. The highest BCUT2D eigenvalue weighted by molar-refractivity contribution is 5.55. The fraction of sp³-hybridized carbons (Fsp3) is 0.364. The van der Waals surface area contributed by atoms with Crippen LogP contribution in [-0.4, -0.2) is 22.2 Å². The van der Waals surface area contributed by atoms with E-state index in [-0.39, 0.29) is 0 Å². The van der Waals surface area contributed by atoms with E-state index < -0.39 is 0 Å². The minimum absolute atomic E-state index is 0.523. The zero-order valence-corrected chi connectivity index (χ0v) is 9.61. The third-order valence-electron chi connectivity index (χ3n) is 2.25. The lowest BCUT2D eigenvalue weighted by Crippen LogP contribution is -2.04. The van der Waals surface area contributed by atoms with Crippen molar-refractivity contribution >= 4 is 0 Å². The highest BCUT2D eigenvalue weighted by atomic mass is 16.4. The van der Waals surface area contributed by atoms with Gasteiger partial charge in [-0.1, -0.05) is 0 Å². The average Bonchev–Trinajstić information content (AvgIpc) is 2.67. The summed E-state index contributed by atoms with van der Waals surface area (Å²) < 4.78 is 5.51. The molecule has 2 heterocycles. The molecule has 5 nitrogen and oxygen atoms in total. The van der Waals surface area contributed by atoms with Gasteiger partial charge in [-0.15, -0.1) is 10.2 Å². The van der Waals surface area contributed by atoms with Crippen LogP contribution in [0.5, 0.6) is 0 Å². The Morgan fingerprint density at radius 2 is 2.06 bits per heavy atom. The summed E-state index contributed by atoms with van der Waals surface area (Å²) in [5.41, 5.74) is 2.77. The third kappa shape index (κ3) is 2.09. The Hall–Kier alpha value is -1.75. The van der Waals surface area contributed by atoms with Crippen molar-refractivity contribution in [3.63, 3.8) is 0 Å². The summed E-state index contributed by atoms with van der Waals surface area (Å²) in [7, 11) is 1.84. The zero-order valence-electron chi connectivity index (χ0n) is 9.61. The first-order valence-electron chi connectivity index (χ1n) is 5.12. The van der Waals surface area contributed by atoms with Crippen LogP contribution in [0.15, 0.2) is 16.5 Å². The molecule has 84 valence electrons. The van der Waals surface area contributed by atoms with Crippen LogP contribution in [0, 0.1) is 13.8 Å². The van der Waals surface area contributed by atoms with Gasteiger partial charge in [0, 0.05) is 5.69 Å². The lowest BCUT2D eigenvalue weighted by molar-refractivity contribution is 0.490. The fourth-order valence-corrected chi connectivity index (χ4v) is 1.50. The summed E-state index contributed by atoms with van der Waals surface area (Å²) in [5, 5.41) is 10.9. The van der Waals surface area contributed by atoms with E-state index in [4.69, 9.17) is 4.42 Å². The third-order valence-corrected chi connectivity index (χ3v) is 2.25. The van der Waals surface area contributed by atoms with Gasteiger partial charge in [0.05, 0.1) is 17.8 Å². The van der Waals surface area contributed by atoms with Crippen molar-refractivity contribution < 1.29 is 4.42 Å². The van der Waals surface area contributed by atoms with E-state index in [1.165, 1.54) is 0 Å².